The van der Waals surface area contributed by atoms with Gasteiger partial charge in [0.1, 0.15) is 0 Å². The number of allylic oxidation sites excluding steroid dienone is 6. The fourth-order valence-electron chi connectivity index (χ4n) is 8.27. The number of benzene rings is 4. The van der Waals surface area contributed by atoms with Crippen LogP contribution in [0.4, 0.5) is 11.4 Å². The topological polar surface area (TPSA) is 8.17 Å². The van der Waals surface area contributed by atoms with E-state index in [1.54, 1.807) is 5.57 Å². The van der Waals surface area contributed by atoms with Crippen molar-refractivity contribution in [3.05, 3.63) is 155 Å². The van der Waals surface area contributed by atoms with E-state index in [2.05, 4.69) is 143 Å². The summed E-state index contributed by atoms with van der Waals surface area (Å²) in [7, 11) is 0. The molecule has 2 atom stereocenters. The first-order valence-electron chi connectivity index (χ1n) is 16.3. The Morgan fingerprint density at radius 3 is 2.34 bits per heavy atom. The molecule has 2 heteroatoms. The molecule has 0 amide bonds. The molecule has 214 valence electrons. The minimum Gasteiger partial charge on any atom is -0.337 e. The molecule has 2 heterocycles. The monoisotopic (exact) mass is 568 g/mol. The summed E-state index contributed by atoms with van der Waals surface area (Å²) in [6, 6.07) is 38.5. The molecule has 4 aromatic carbocycles. The molecule has 0 fully saturated rings. The van der Waals surface area contributed by atoms with Gasteiger partial charge in [0.15, 0.2) is 0 Å². The molecular weight excluding hydrogens is 532 g/mol. The van der Waals surface area contributed by atoms with E-state index in [-0.39, 0.29) is 0 Å². The smallest absolute Gasteiger partial charge is 0.0534 e. The van der Waals surface area contributed by atoms with Gasteiger partial charge in [-0.05, 0) is 103 Å². The average molecular weight is 569 g/mol. The van der Waals surface area contributed by atoms with Crippen molar-refractivity contribution >= 4 is 34.1 Å². The summed E-state index contributed by atoms with van der Waals surface area (Å²) in [4.78, 5) is 2.63. The zero-order chi connectivity index (χ0) is 29.0. The van der Waals surface area contributed by atoms with Crippen molar-refractivity contribution in [1.29, 1.82) is 0 Å². The third kappa shape index (κ3) is 4.08. The van der Waals surface area contributed by atoms with Gasteiger partial charge in [-0.1, -0.05) is 97.1 Å². The van der Waals surface area contributed by atoms with Crippen molar-refractivity contribution in [2.24, 2.45) is 0 Å². The standard InChI is InChI=1S/C42H36N2/c1-4-12-29(13-5-1)32-20-23-36-38-27-31(22-25-41(38)44(42(36)28-32)34-16-8-3-9-17-34)30-21-24-40-37(26-30)35-18-10-11-19-39(35)43(40)33-14-6-2-7-15-33/h1-6,8-14,16-20,23,26-28,38,41H,7,15,21-22,24-25H2. The lowest BCUT2D eigenvalue weighted by Crippen LogP contribution is -2.32. The Balaban J connectivity index is 1.14. The molecule has 3 aliphatic carbocycles. The molecule has 0 saturated heterocycles. The summed E-state index contributed by atoms with van der Waals surface area (Å²) in [5.41, 5.74) is 15.5. The van der Waals surface area contributed by atoms with Crippen LogP contribution in [-0.4, -0.2) is 10.6 Å². The van der Waals surface area contributed by atoms with E-state index in [0.717, 1.165) is 38.5 Å². The van der Waals surface area contributed by atoms with E-state index < -0.39 is 0 Å². The van der Waals surface area contributed by atoms with Gasteiger partial charge in [-0.15, -0.1) is 0 Å². The number of nitrogens with zero attached hydrogens (tertiary/aromatic N) is 2. The van der Waals surface area contributed by atoms with Crippen LogP contribution in [0.2, 0.25) is 0 Å². The normalized spacial score (nSPS) is 20.5. The maximum Gasteiger partial charge on any atom is 0.0534 e. The van der Waals surface area contributed by atoms with Crippen molar-refractivity contribution in [3.63, 3.8) is 0 Å². The highest BCUT2D eigenvalue weighted by Crippen LogP contribution is 2.52. The molecule has 5 aromatic rings. The molecule has 0 spiro atoms. The number of aromatic nitrogens is 1. The van der Waals surface area contributed by atoms with E-state index in [4.69, 9.17) is 0 Å². The number of para-hydroxylation sites is 2. The van der Waals surface area contributed by atoms with E-state index in [9.17, 15) is 0 Å². The van der Waals surface area contributed by atoms with Crippen LogP contribution in [0.1, 0.15) is 54.8 Å². The molecule has 0 N–H and O–H groups in total. The van der Waals surface area contributed by atoms with Crippen LogP contribution >= 0.6 is 0 Å². The Morgan fingerprint density at radius 2 is 1.50 bits per heavy atom. The number of anilines is 2. The Morgan fingerprint density at radius 1 is 0.682 bits per heavy atom. The minimum absolute atomic E-state index is 0.390. The quantitative estimate of drug-likeness (QED) is 0.209. The predicted octanol–water partition coefficient (Wildman–Crippen LogP) is 10.9. The average Bonchev–Trinajstić information content (AvgIpc) is 3.61. The summed E-state index contributed by atoms with van der Waals surface area (Å²) >= 11 is 0. The fraction of sp³-hybridized carbons (Fsp3) is 0.190. The minimum atomic E-state index is 0.390. The molecule has 2 unspecified atom stereocenters. The van der Waals surface area contributed by atoms with Crippen LogP contribution in [0.15, 0.2) is 139 Å². The summed E-state index contributed by atoms with van der Waals surface area (Å²) in [6.45, 7) is 0. The van der Waals surface area contributed by atoms with Crippen LogP contribution in [0.5, 0.6) is 0 Å². The largest absolute Gasteiger partial charge is 0.337 e. The van der Waals surface area contributed by atoms with Crippen LogP contribution in [0, 0.1) is 0 Å². The SMILES string of the molecule is C1=CCCC(n2c3c(c4ccccc42)C=C(C2=CC4c5ccc(-c6ccccc6)cc5N(c5ccccc5)C4CC2)CC3)=C1. The molecule has 0 bridgehead atoms. The second-order valence-electron chi connectivity index (χ2n) is 12.7. The van der Waals surface area contributed by atoms with Gasteiger partial charge in [0.2, 0.25) is 0 Å². The maximum absolute atomic E-state index is 2.64. The molecular formula is C42H36N2. The lowest BCUT2D eigenvalue weighted by Gasteiger charge is -2.34. The van der Waals surface area contributed by atoms with Crippen molar-refractivity contribution in [3.8, 4) is 11.1 Å². The first-order chi connectivity index (χ1) is 21.8. The van der Waals surface area contributed by atoms with Crippen molar-refractivity contribution < 1.29 is 0 Å². The van der Waals surface area contributed by atoms with Crippen molar-refractivity contribution in [1.82, 2.24) is 4.57 Å². The van der Waals surface area contributed by atoms with Gasteiger partial charge >= 0.3 is 0 Å². The molecule has 44 heavy (non-hydrogen) atoms. The second-order valence-corrected chi connectivity index (χ2v) is 12.7. The van der Waals surface area contributed by atoms with Crippen LogP contribution in [0.25, 0.3) is 33.8 Å². The fourth-order valence-corrected chi connectivity index (χ4v) is 8.27. The molecule has 1 aliphatic heterocycles. The molecule has 4 aliphatic rings. The maximum atomic E-state index is 2.64. The highest BCUT2D eigenvalue weighted by Gasteiger charge is 2.40. The summed E-state index contributed by atoms with van der Waals surface area (Å²) in [5.74, 6) is 0.390. The van der Waals surface area contributed by atoms with Crippen molar-refractivity contribution in [2.45, 2.75) is 50.5 Å². The van der Waals surface area contributed by atoms with Gasteiger partial charge < -0.3 is 9.47 Å². The molecule has 0 radical (unpaired) electrons. The zero-order valence-corrected chi connectivity index (χ0v) is 25.0. The van der Waals surface area contributed by atoms with Gasteiger partial charge in [0.25, 0.3) is 0 Å². The molecule has 9 rings (SSSR count). The Bertz CT molecular complexity index is 2020. The summed E-state index contributed by atoms with van der Waals surface area (Å²) in [6.07, 6.45) is 18.7. The third-order valence-electron chi connectivity index (χ3n) is 10.3. The van der Waals surface area contributed by atoms with Gasteiger partial charge in [-0.25, -0.2) is 0 Å². The number of hydrogen-bond donors (Lipinski definition) is 0. The Kier molecular flexibility index (Phi) is 6.07. The van der Waals surface area contributed by atoms with Gasteiger partial charge in [-0.3, -0.25) is 0 Å². The lowest BCUT2D eigenvalue weighted by molar-refractivity contribution is 0.551. The van der Waals surface area contributed by atoms with E-state index >= 15 is 0 Å². The third-order valence-corrected chi connectivity index (χ3v) is 10.3. The van der Waals surface area contributed by atoms with E-state index in [1.807, 2.05) is 0 Å². The molecule has 0 saturated carbocycles. The zero-order valence-electron chi connectivity index (χ0n) is 25.0. The number of rotatable bonds is 4. The van der Waals surface area contributed by atoms with Gasteiger partial charge in [-0.2, -0.15) is 0 Å². The summed E-state index contributed by atoms with van der Waals surface area (Å²) in [5, 5.41) is 1.39. The summed E-state index contributed by atoms with van der Waals surface area (Å²) < 4.78 is 2.57. The van der Waals surface area contributed by atoms with E-state index in [0.29, 0.717) is 12.0 Å². The Labute approximate surface area is 260 Å². The second kappa shape index (κ2) is 10.4. The van der Waals surface area contributed by atoms with E-state index in [1.165, 1.54) is 61.5 Å². The lowest BCUT2D eigenvalue weighted by atomic mass is 9.79. The Hall–Kier alpha value is -4.82. The molecule has 2 nitrogen and oxygen atoms in total. The first kappa shape index (κ1) is 25.7. The molecule has 1 aromatic heterocycles. The van der Waals surface area contributed by atoms with Crippen LogP contribution in [-0.2, 0) is 6.42 Å². The predicted molar refractivity (Wildman–Crippen MR) is 185 cm³/mol. The number of hydrogen-bond acceptors (Lipinski definition) is 1. The van der Waals surface area contributed by atoms with Gasteiger partial charge in [0.05, 0.1) is 5.52 Å². The highest BCUT2D eigenvalue weighted by atomic mass is 15.2. The first-order valence-corrected chi connectivity index (χ1v) is 16.3. The van der Waals surface area contributed by atoms with Gasteiger partial charge in [0, 0.05) is 45.7 Å². The number of fused-ring (bicyclic) bond motifs is 6. The van der Waals surface area contributed by atoms with Crippen molar-refractivity contribution in [2.75, 3.05) is 4.90 Å². The highest BCUT2D eigenvalue weighted by molar-refractivity contribution is 5.95. The van der Waals surface area contributed by atoms with Crippen LogP contribution in [0.3, 0.4) is 0 Å². The van der Waals surface area contributed by atoms with Crippen LogP contribution < -0.4 is 4.90 Å².